The van der Waals surface area contributed by atoms with Crippen LogP contribution in [-0.4, -0.2) is 23.9 Å². The molecule has 1 fully saturated rings. The van der Waals surface area contributed by atoms with Gasteiger partial charge in [0.2, 0.25) is 5.91 Å². The second-order valence-corrected chi connectivity index (χ2v) is 4.75. The monoisotopic (exact) mass is 243 g/mol. The van der Waals surface area contributed by atoms with E-state index >= 15 is 0 Å². The number of nitrogens with two attached hydrogens (primary N) is 1. The Hall–Kier alpha value is -1.86. The molecular formula is C14H17N3O. The number of amides is 1. The van der Waals surface area contributed by atoms with E-state index < -0.39 is 0 Å². The van der Waals surface area contributed by atoms with Crippen molar-refractivity contribution in [3.8, 4) is 6.07 Å². The first kappa shape index (κ1) is 12.6. The summed E-state index contributed by atoms with van der Waals surface area (Å²) in [5.41, 5.74) is 6.55. The Balaban J connectivity index is 1.98. The van der Waals surface area contributed by atoms with Gasteiger partial charge in [0.05, 0.1) is 17.9 Å². The van der Waals surface area contributed by atoms with E-state index in [1.165, 1.54) is 5.56 Å². The number of nitriles is 1. The largest absolute Gasteiger partial charge is 0.369 e. The zero-order valence-electron chi connectivity index (χ0n) is 10.2. The van der Waals surface area contributed by atoms with E-state index in [4.69, 9.17) is 11.0 Å². The van der Waals surface area contributed by atoms with Gasteiger partial charge in [-0.3, -0.25) is 9.69 Å². The van der Waals surface area contributed by atoms with Crippen molar-refractivity contribution < 1.29 is 4.79 Å². The van der Waals surface area contributed by atoms with E-state index in [1.807, 2.05) is 18.2 Å². The molecule has 1 heterocycles. The number of hydrogen-bond acceptors (Lipinski definition) is 3. The molecule has 2 atom stereocenters. The minimum absolute atomic E-state index is 0.278. The van der Waals surface area contributed by atoms with Gasteiger partial charge in [0.15, 0.2) is 0 Å². The van der Waals surface area contributed by atoms with Crippen LogP contribution in [0.15, 0.2) is 30.3 Å². The number of piperidine rings is 1. The molecule has 1 aliphatic rings. The lowest BCUT2D eigenvalue weighted by Crippen LogP contribution is -2.44. The SMILES string of the molecule is N#CC1CN(Cc2ccccc2)CCC1C(N)=O. The number of nitrogens with zero attached hydrogens (tertiary/aromatic N) is 2. The topological polar surface area (TPSA) is 70.1 Å². The first-order valence-electron chi connectivity index (χ1n) is 6.16. The molecular weight excluding hydrogens is 226 g/mol. The molecule has 4 nitrogen and oxygen atoms in total. The van der Waals surface area contributed by atoms with Gasteiger partial charge in [0.1, 0.15) is 0 Å². The molecule has 18 heavy (non-hydrogen) atoms. The molecule has 1 aromatic carbocycles. The van der Waals surface area contributed by atoms with Crippen LogP contribution in [0.3, 0.4) is 0 Å². The number of rotatable bonds is 3. The standard InChI is InChI=1S/C14H17N3O/c15-8-12-10-17(7-6-13(12)14(16)18)9-11-4-2-1-3-5-11/h1-5,12-13H,6-7,9-10H2,(H2,16,18). The van der Waals surface area contributed by atoms with Crippen molar-refractivity contribution in [3.05, 3.63) is 35.9 Å². The summed E-state index contributed by atoms with van der Waals surface area (Å²) in [7, 11) is 0. The fourth-order valence-electron chi connectivity index (χ4n) is 2.48. The van der Waals surface area contributed by atoms with Crippen molar-refractivity contribution in [2.45, 2.75) is 13.0 Å². The van der Waals surface area contributed by atoms with Gasteiger partial charge in [0, 0.05) is 13.1 Å². The zero-order chi connectivity index (χ0) is 13.0. The molecule has 0 spiro atoms. The minimum atomic E-state index is -0.346. The molecule has 2 N–H and O–H groups in total. The molecule has 2 rings (SSSR count). The van der Waals surface area contributed by atoms with Crippen molar-refractivity contribution in [3.63, 3.8) is 0 Å². The van der Waals surface area contributed by atoms with Gasteiger partial charge in [0.25, 0.3) is 0 Å². The molecule has 1 amide bonds. The quantitative estimate of drug-likeness (QED) is 0.865. The number of likely N-dealkylation sites (tertiary alicyclic amines) is 1. The van der Waals surface area contributed by atoms with Gasteiger partial charge >= 0.3 is 0 Å². The molecule has 1 aromatic rings. The first-order chi connectivity index (χ1) is 8.70. The molecule has 0 bridgehead atoms. The van der Waals surface area contributed by atoms with Crippen LogP contribution < -0.4 is 5.73 Å². The average Bonchev–Trinajstić information content (AvgIpc) is 2.39. The van der Waals surface area contributed by atoms with E-state index in [0.717, 1.165) is 13.1 Å². The molecule has 4 heteroatoms. The summed E-state index contributed by atoms with van der Waals surface area (Å²) in [5.74, 6) is -0.914. The molecule has 1 aliphatic heterocycles. The van der Waals surface area contributed by atoms with E-state index in [2.05, 4.69) is 23.1 Å². The molecule has 0 aromatic heterocycles. The maximum atomic E-state index is 11.2. The molecule has 94 valence electrons. The summed E-state index contributed by atoms with van der Waals surface area (Å²) in [6.45, 7) is 2.27. The van der Waals surface area contributed by atoms with Crippen LogP contribution >= 0.6 is 0 Å². The fraction of sp³-hybridized carbons (Fsp3) is 0.429. The third-order valence-corrected chi connectivity index (χ3v) is 3.48. The Kier molecular flexibility index (Phi) is 3.96. The lowest BCUT2D eigenvalue weighted by atomic mass is 9.86. The van der Waals surface area contributed by atoms with Crippen LogP contribution in [0.2, 0.25) is 0 Å². The summed E-state index contributed by atoms with van der Waals surface area (Å²) in [6.07, 6.45) is 0.681. The Morgan fingerprint density at radius 1 is 1.44 bits per heavy atom. The highest BCUT2D eigenvalue weighted by atomic mass is 16.1. The van der Waals surface area contributed by atoms with Crippen LogP contribution in [0.5, 0.6) is 0 Å². The Bertz CT molecular complexity index is 452. The van der Waals surface area contributed by atoms with Crippen LogP contribution in [-0.2, 0) is 11.3 Å². The van der Waals surface area contributed by atoms with E-state index in [9.17, 15) is 4.79 Å². The number of primary amides is 1. The van der Waals surface area contributed by atoms with Crippen molar-refractivity contribution in [1.82, 2.24) is 4.90 Å². The molecule has 1 saturated heterocycles. The predicted octanol–water partition coefficient (Wildman–Crippen LogP) is 1.13. The third kappa shape index (κ3) is 2.88. The summed E-state index contributed by atoms with van der Waals surface area (Å²) in [6, 6.07) is 12.4. The Labute approximate surface area is 107 Å². The lowest BCUT2D eigenvalue weighted by Gasteiger charge is -2.33. The smallest absolute Gasteiger partial charge is 0.221 e. The van der Waals surface area contributed by atoms with Crippen molar-refractivity contribution in [2.75, 3.05) is 13.1 Å². The molecule has 0 aliphatic carbocycles. The van der Waals surface area contributed by atoms with Crippen LogP contribution in [0.1, 0.15) is 12.0 Å². The van der Waals surface area contributed by atoms with Crippen molar-refractivity contribution in [2.24, 2.45) is 17.6 Å². The maximum absolute atomic E-state index is 11.2. The van der Waals surface area contributed by atoms with Crippen LogP contribution in [0.4, 0.5) is 0 Å². The summed E-state index contributed by atoms with van der Waals surface area (Å²) < 4.78 is 0. The molecule has 0 saturated carbocycles. The number of benzene rings is 1. The van der Waals surface area contributed by atoms with Gasteiger partial charge in [-0.05, 0) is 18.5 Å². The van der Waals surface area contributed by atoms with Gasteiger partial charge in [-0.25, -0.2) is 0 Å². The number of carbonyl (C=O) groups is 1. The van der Waals surface area contributed by atoms with Gasteiger partial charge in [-0.2, -0.15) is 5.26 Å². The highest BCUT2D eigenvalue weighted by molar-refractivity contribution is 5.77. The van der Waals surface area contributed by atoms with Crippen molar-refractivity contribution in [1.29, 1.82) is 5.26 Å². The summed E-state index contributed by atoms with van der Waals surface area (Å²) in [5, 5.41) is 9.11. The van der Waals surface area contributed by atoms with Gasteiger partial charge < -0.3 is 5.73 Å². The Morgan fingerprint density at radius 2 is 2.17 bits per heavy atom. The first-order valence-corrected chi connectivity index (χ1v) is 6.16. The second kappa shape index (κ2) is 5.65. The number of hydrogen-bond donors (Lipinski definition) is 1. The van der Waals surface area contributed by atoms with Crippen LogP contribution in [0, 0.1) is 23.2 Å². The van der Waals surface area contributed by atoms with E-state index in [-0.39, 0.29) is 17.7 Å². The van der Waals surface area contributed by atoms with Gasteiger partial charge in [-0.15, -0.1) is 0 Å². The summed E-state index contributed by atoms with van der Waals surface area (Å²) in [4.78, 5) is 13.5. The van der Waals surface area contributed by atoms with Crippen LogP contribution in [0.25, 0.3) is 0 Å². The van der Waals surface area contributed by atoms with Gasteiger partial charge in [-0.1, -0.05) is 30.3 Å². The predicted molar refractivity (Wildman–Crippen MR) is 68.1 cm³/mol. The fourth-order valence-corrected chi connectivity index (χ4v) is 2.48. The third-order valence-electron chi connectivity index (χ3n) is 3.48. The van der Waals surface area contributed by atoms with E-state index in [1.54, 1.807) is 0 Å². The molecule has 0 radical (unpaired) electrons. The Morgan fingerprint density at radius 3 is 2.78 bits per heavy atom. The normalized spacial score (nSPS) is 24.4. The minimum Gasteiger partial charge on any atom is -0.369 e. The summed E-state index contributed by atoms with van der Waals surface area (Å²) >= 11 is 0. The lowest BCUT2D eigenvalue weighted by molar-refractivity contribution is -0.124. The number of carbonyl (C=O) groups excluding carboxylic acids is 1. The average molecular weight is 243 g/mol. The maximum Gasteiger partial charge on any atom is 0.221 e. The van der Waals surface area contributed by atoms with Crippen molar-refractivity contribution >= 4 is 5.91 Å². The zero-order valence-corrected chi connectivity index (χ0v) is 10.2. The highest BCUT2D eigenvalue weighted by Crippen LogP contribution is 2.24. The second-order valence-electron chi connectivity index (χ2n) is 4.75. The molecule has 2 unspecified atom stereocenters. The highest BCUT2D eigenvalue weighted by Gasteiger charge is 2.32. The van der Waals surface area contributed by atoms with E-state index in [0.29, 0.717) is 13.0 Å².